The van der Waals surface area contributed by atoms with E-state index in [1.807, 2.05) is 42.5 Å². The molecule has 3 rings (SSSR count). The van der Waals surface area contributed by atoms with Gasteiger partial charge in [0.05, 0.1) is 5.52 Å². The number of ether oxygens (including phenoxy) is 1. The zero-order chi connectivity index (χ0) is 13.2. The first-order valence-corrected chi connectivity index (χ1v) is 6.11. The SMILES string of the molecule is Cc1ccc2nccc(Oc3ccc(N)cc3)c2c1. The Bertz CT molecular complexity index is 720. The number of rotatable bonds is 2. The van der Waals surface area contributed by atoms with Crippen molar-refractivity contribution >= 4 is 16.6 Å². The summed E-state index contributed by atoms with van der Waals surface area (Å²) in [6.45, 7) is 2.05. The summed E-state index contributed by atoms with van der Waals surface area (Å²) in [5, 5.41) is 1.01. The monoisotopic (exact) mass is 250 g/mol. The molecule has 3 heteroatoms. The second-order valence-corrected chi connectivity index (χ2v) is 4.50. The molecule has 0 radical (unpaired) electrons. The fourth-order valence-corrected chi connectivity index (χ4v) is 1.99. The van der Waals surface area contributed by atoms with Crippen LogP contribution < -0.4 is 10.5 Å². The van der Waals surface area contributed by atoms with Crippen LogP contribution in [0, 0.1) is 6.92 Å². The van der Waals surface area contributed by atoms with Crippen LogP contribution in [0.15, 0.2) is 54.7 Å². The van der Waals surface area contributed by atoms with E-state index in [2.05, 4.69) is 18.0 Å². The van der Waals surface area contributed by atoms with Gasteiger partial charge in [-0.1, -0.05) is 11.6 Å². The van der Waals surface area contributed by atoms with Crippen LogP contribution in [0.4, 0.5) is 5.69 Å². The van der Waals surface area contributed by atoms with Crippen molar-refractivity contribution in [2.75, 3.05) is 5.73 Å². The highest BCUT2D eigenvalue weighted by Gasteiger charge is 2.04. The van der Waals surface area contributed by atoms with Gasteiger partial charge < -0.3 is 10.5 Å². The summed E-state index contributed by atoms with van der Waals surface area (Å²) in [5.41, 5.74) is 8.50. The molecule has 1 heterocycles. The zero-order valence-corrected chi connectivity index (χ0v) is 10.6. The maximum Gasteiger partial charge on any atom is 0.138 e. The van der Waals surface area contributed by atoms with Gasteiger partial charge in [0.1, 0.15) is 11.5 Å². The Kier molecular flexibility index (Phi) is 2.80. The highest BCUT2D eigenvalue weighted by Crippen LogP contribution is 2.29. The average molecular weight is 250 g/mol. The molecule has 2 N–H and O–H groups in total. The molecule has 0 aliphatic rings. The standard InChI is InChI=1S/C16H14N2O/c1-11-2-7-15-14(10-11)16(8-9-18-15)19-13-5-3-12(17)4-6-13/h2-10H,17H2,1H3. The lowest BCUT2D eigenvalue weighted by Gasteiger charge is -2.09. The molecule has 0 bridgehead atoms. The molecular weight excluding hydrogens is 236 g/mol. The Morgan fingerprint density at radius 3 is 2.58 bits per heavy atom. The van der Waals surface area contributed by atoms with Gasteiger partial charge in [0.2, 0.25) is 0 Å². The Morgan fingerprint density at radius 2 is 1.79 bits per heavy atom. The first-order valence-electron chi connectivity index (χ1n) is 6.11. The van der Waals surface area contributed by atoms with Crippen LogP contribution in [-0.4, -0.2) is 4.98 Å². The van der Waals surface area contributed by atoms with E-state index in [1.165, 1.54) is 5.56 Å². The van der Waals surface area contributed by atoms with Crippen molar-refractivity contribution in [1.29, 1.82) is 0 Å². The van der Waals surface area contributed by atoms with Crippen molar-refractivity contribution in [3.63, 3.8) is 0 Å². The van der Waals surface area contributed by atoms with Gasteiger partial charge in [-0.15, -0.1) is 0 Å². The lowest BCUT2D eigenvalue weighted by Crippen LogP contribution is -1.89. The number of hydrogen-bond donors (Lipinski definition) is 1. The van der Waals surface area contributed by atoms with Gasteiger partial charge in [0.25, 0.3) is 0 Å². The van der Waals surface area contributed by atoms with Crippen molar-refractivity contribution in [2.45, 2.75) is 6.92 Å². The van der Waals surface area contributed by atoms with Gasteiger partial charge in [-0.3, -0.25) is 4.98 Å². The fraction of sp³-hybridized carbons (Fsp3) is 0.0625. The molecule has 0 atom stereocenters. The van der Waals surface area contributed by atoms with Gasteiger partial charge in [-0.2, -0.15) is 0 Å². The van der Waals surface area contributed by atoms with Crippen molar-refractivity contribution < 1.29 is 4.74 Å². The highest BCUT2D eigenvalue weighted by atomic mass is 16.5. The Hall–Kier alpha value is -2.55. The normalized spacial score (nSPS) is 10.6. The predicted octanol–water partition coefficient (Wildman–Crippen LogP) is 3.92. The van der Waals surface area contributed by atoms with Gasteiger partial charge in [0, 0.05) is 17.3 Å². The smallest absolute Gasteiger partial charge is 0.138 e. The summed E-state index contributed by atoms with van der Waals surface area (Å²) in [4.78, 5) is 4.34. The summed E-state index contributed by atoms with van der Waals surface area (Å²) in [5.74, 6) is 1.57. The molecule has 0 amide bonds. The molecule has 0 spiro atoms. The van der Waals surface area contributed by atoms with Crippen LogP contribution in [-0.2, 0) is 0 Å². The number of hydrogen-bond acceptors (Lipinski definition) is 3. The third-order valence-electron chi connectivity index (χ3n) is 2.96. The largest absolute Gasteiger partial charge is 0.457 e. The van der Waals surface area contributed by atoms with Gasteiger partial charge in [-0.05, 0) is 49.4 Å². The number of fused-ring (bicyclic) bond motifs is 1. The van der Waals surface area contributed by atoms with Crippen molar-refractivity contribution in [2.24, 2.45) is 0 Å². The molecule has 0 unspecified atom stereocenters. The Balaban J connectivity index is 2.05. The van der Waals surface area contributed by atoms with E-state index in [0.29, 0.717) is 0 Å². The third kappa shape index (κ3) is 2.36. The average Bonchev–Trinajstić information content (AvgIpc) is 2.42. The third-order valence-corrected chi connectivity index (χ3v) is 2.96. The van der Waals surface area contributed by atoms with E-state index in [0.717, 1.165) is 28.1 Å². The summed E-state index contributed by atoms with van der Waals surface area (Å²) >= 11 is 0. The molecule has 0 aliphatic heterocycles. The molecule has 19 heavy (non-hydrogen) atoms. The first kappa shape index (κ1) is 11.5. The first-order chi connectivity index (χ1) is 9.22. The molecule has 0 saturated carbocycles. The molecular formula is C16H14N2O. The number of aromatic nitrogens is 1. The highest BCUT2D eigenvalue weighted by molar-refractivity contribution is 5.85. The summed E-state index contributed by atoms with van der Waals surface area (Å²) in [6.07, 6.45) is 1.75. The van der Waals surface area contributed by atoms with E-state index in [-0.39, 0.29) is 0 Å². The number of nitrogens with zero attached hydrogens (tertiary/aromatic N) is 1. The van der Waals surface area contributed by atoms with Gasteiger partial charge >= 0.3 is 0 Å². The van der Waals surface area contributed by atoms with E-state index in [9.17, 15) is 0 Å². The minimum atomic E-state index is 0.725. The summed E-state index contributed by atoms with van der Waals surface area (Å²) < 4.78 is 5.91. The maximum atomic E-state index is 5.91. The summed E-state index contributed by atoms with van der Waals surface area (Å²) in [6, 6.07) is 15.4. The van der Waals surface area contributed by atoms with Crippen LogP contribution in [0.2, 0.25) is 0 Å². The number of aryl methyl sites for hydroxylation is 1. The van der Waals surface area contributed by atoms with E-state index < -0.39 is 0 Å². The Morgan fingerprint density at radius 1 is 1.00 bits per heavy atom. The van der Waals surface area contributed by atoms with Gasteiger partial charge in [-0.25, -0.2) is 0 Å². The molecule has 0 saturated heterocycles. The molecule has 3 nitrogen and oxygen atoms in total. The quantitative estimate of drug-likeness (QED) is 0.701. The number of nitrogens with two attached hydrogens (primary N) is 1. The second-order valence-electron chi connectivity index (χ2n) is 4.50. The van der Waals surface area contributed by atoms with Crippen LogP contribution in [0.25, 0.3) is 10.9 Å². The van der Waals surface area contributed by atoms with Crippen molar-refractivity contribution in [1.82, 2.24) is 4.98 Å². The van der Waals surface area contributed by atoms with Crippen molar-refractivity contribution in [3.8, 4) is 11.5 Å². The van der Waals surface area contributed by atoms with Crippen LogP contribution >= 0.6 is 0 Å². The molecule has 2 aromatic carbocycles. The minimum Gasteiger partial charge on any atom is -0.457 e. The van der Waals surface area contributed by atoms with E-state index >= 15 is 0 Å². The molecule has 0 fully saturated rings. The lowest BCUT2D eigenvalue weighted by molar-refractivity contribution is 0.488. The van der Waals surface area contributed by atoms with Gasteiger partial charge in [0.15, 0.2) is 0 Å². The molecule has 94 valence electrons. The van der Waals surface area contributed by atoms with Crippen LogP contribution in [0.1, 0.15) is 5.56 Å². The van der Waals surface area contributed by atoms with Crippen LogP contribution in [0.5, 0.6) is 11.5 Å². The number of anilines is 1. The number of pyridine rings is 1. The molecule has 1 aromatic heterocycles. The topological polar surface area (TPSA) is 48.1 Å². The Labute approximate surface area is 111 Å². The van der Waals surface area contributed by atoms with E-state index in [4.69, 9.17) is 10.5 Å². The number of nitrogen functional groups attached to an aromatic ring is 1. The molecule has 3 aromatic rings. The zero-order valence-electron chi connectivity index (χ0n) is 10.6. The van der Waals surface area contributed by atoms with Crippen LogP contribution in [0.3, 0.4) is 0 Å². The van der Waals surface area contributed by atoms with E-state index in [1.54, 1.807) is 6.20 Å². The number of benzene rings is 2. The lowest BCUT2D eigenvalue weighted by atomic mass is 10.1. The maximum absolute atomic E-state index is 5.91. The minimum absolute atomic E-state index is 0.725. The van der Waals surface area contributed by atoms with Crippen molar-refractivity contribution in [3.05, 3.63) is 60.3 Å². The second kappa shape index (κ2) is 4.61. The fourth-order valence-electron chi connectivity index (χ4n) is 1.99. The summed E-state index contributed by atoms with van der Waals surface area (Å²) in [7, 11) is 0. The predicted molar refractivity (Wildman–Crippen MR) is 77.4 cm³/mol. The molecule has 0 aliphatic carbocycles.